The van der Waals surface area contributed by atoms with E-state index in [9.17, 15) is 13.2 Å². The number of hydrogen-bond donors (Lipinski definition) is 1. The van der Waals surface area contributed by atoms with Gasteiger partial charge in [-0.2, -0.15) is 0 Å². The van der Waals surface area contributed by atoms with Gasteiger partial charge >= 0.3 is 5.97 Å². The first-order valence-electron chi connectivity index (χ1n) is 8.35. The lowest BCUT2D eigenvalue weighted by Crippen LogP contribution is -2.27. The Morgan fingerprint density at radius 1 is 1.08 bits per heavy atom. The van der Waals surface area contributed by atoms with E-state index in [4.69, 9.17) is 9.47 Å². The van der Waals surface area contributed by atoms with E-state index in [1.807, 2.05) is 19.1 Å². The van der Waals surface area contributed by atoms with E-state index in [0.717, 1.165) is 5.56 Å². The molecule has 0 spiro atoms. The Bertz CT molecular complexity index is 804. The van der Waals surface area contributed by atoms with Crippen molar-refractivity contribution in [2.45, 2.75) is 24.7 Å². The second-order valence-corrected chi connectivity index (χ2v) is 7.50. The Morgan fingerprint density at radius 3 is 2.35 bits per heavy atom. The van der Waals surface area contributed by atoms with Crippen LogP contribution in [-0.4, -0.2) is 34.1 Å². The van der Waals surface area contributed by atoms with Gasteiger partial charge in [-0.15, -0.1) is 0 Å². The van der Waals surface area contributed by atoms with E-state index in [0.29, 0.717) is 12.4 Å². The van der Waals surface area contributed by atoms with Crippen LogP contribution in [-0.2, 0) is 19.6 Å². The number of benzene rings is 2. The van der Waals surface area contributed by atoms with Crippen LogP contribution in [0.4, 0.5) is 0 Å². The molecule has 0 amide bonds. The van der Waals surface area contributed by atoms with Gasteiger partial charge in [-0.25, -0.2) is 17.9 Å². The molecule has 7 heteroatoms. The highest BCUT2D eigenvalue weighted by atomic mass is 32.2. The van der Waals surface area contributed by atoms with Crippen molar-refractivity contribution >= 4 is 16.0 Å². The molecule has 0 fully saturated rings. The number of rotatable bonds is 9. The molecule has 2 aromatic carbocycles. The van der Waals surface area contributed by atoms with Gasteiger partial charge in [0.15, 0.2) is 6.61 Å². The molecule has 0 saturated heterocycles. The molecular weight excluding hydrogens is 354 g/mol. The Hall–Kier alpha value is -2.38. The number of esters is 1. The minimum atomic E-state index is -3.52. The SMILES string of the molecule is CCOC(=O)COc1ccc(C(C)CNS(=O)(=O)c2ccccc2)cc1. The fourth-order valence-corrected chi connectivity index (χ4v) is 3.42. The van der Waals surface area contributed by atoms with Crippen LogP contribution in [0.2, 0.25) is 0 Å². The highest BCUT2D eigenvalue weighted by Crippen LogP contribution is 2.19. The maximum Gasteiger partial charge on any atom is 0.344 e. The molecule has 0 aliphatic rings. The summed E-state index contributed by atoms with van der Waals surface area (Å²) in [5, 5.41) is 0. The summed E-state index contributed by atoms with van der Waals surface area (Å²) in [6.07, 6.45) is 0. The van der Waals surface area contributed by atoms with E-state index in [-0.39, 0.29) is 24.0 Å². The first-order valence-corrected chi connectivity index (χ1v) is 9.84. The molecular formula is C19H23NO5S. The highest BCUT2D eigenvalue weighted by molar-refractivity contribution is 7.89. The first-order chi connectivity index (χ1) is 12.4. The van der Waals surface area contributed by atoms with Crippen LogP contribution < -0.4 is 9.46 Å². The van der Waals surface area contributed by atoms with Crippen molar-refractivity contribution < 1.29 is 22.7 Å². The lowest BCUT2D eigenvalue weighted by Gasteiger charge is -2.14. The van der Waals surface area contributed by atoms with Crippen molar-refractivity contribution in [1.82, 2.24) is 4.72 Å². The third kappa shape index (κ3) is 5.86. The zero-order valence-corrected chi connectivity index (χ0v) is 15.7. The summed E-state index contributed by atoms with van der Waals surface area (Å²) in [6.45, 7) is 4.12. The predicted molar refractivity (Wildman–Crippen MR) is 98.6 cm³/mol. The topological polar surface area (TPSA) is 81.7 Å². The summed E-state index contributed by atoms with van der Waals surface area (Å²) in [7, 11) is -3.52. The summed E-state index contributed by atoms with van der Waals surface area (Å²) in [4.78, 5) is 11.5. The largest absolute Gasteiger partial charge is 0.482 e. The van der Waals surface area contributed by atoms with Crippen molar-refractivity contribution in [1.29, 1.82) is 0 Å². The molecule has 0 aliphatic heterocycles. The van der Waals surface area contributed by atoms with Gasteiger partial charge in [0.25, 0.3) is 0 Å². The Kier molecular flexibility index (Phi) is 7.17. The average molecular weight is 377 g/mol. The quantitative estimate of drug-likeness (QED) is 0.680. The van der Waals surface area contributed by atoms with E-state index < -0.39 is 16.0 Å². The standard InChI is InChI=1S/C19H23NO5S/c1-3-24-19(21)14-25-17-11-9-16(10-12-17)15(2)13-20-26(22,23)18-7-5-4-6-8-18/h4-12,15,20H,3,13-14H2,1-2H3. The molecule has 1 unspecified atom stereocenters. The summed E-state index contributed by atoms with van der Waals surface area (Å²) in [5.74, 6) is 0.117. The van der Waals surface area contributed by atoms with Gasteiger partial charge in [0.05, 0.1) is 11.5 Å². The van der Waals surface area contributed by atoms with Crippen LogP contribution in [0.5, 0.6) is 5.75 Å². The van der Waals surface area contributed by atoms with Crippen LogP contribution in [0.15, 0.2) is 59.5 Å². The summed E-state index contributed by atoms with van der Waals surface area (Å²) in [6, 6.07) is 15.5. The summed E-state index contributed by atoms with van der Waals surface area (Å²) < 4.78 is 37.3. The molecule has 26 heavy (non-hydrogen) atoms. The van der Waals surface area contributed by atoms with Gasteiger partial charge in [0, 0.05) is 6.54 Å². The number of ether oxygens (including phenoxy) is 2. The maximum atomic E-state index is 12.2. The molecule has 2 aromatic rings. The van der Waals surface area contributed by atoms with Crippen molar-refractivity contribution in [2.75, 3.05) is 19.8 Å². The van der Waals surface area contributed by atoms with E-state index in [2.05, 4.69) is 4.72 Å². The van der Waals surface area contributed by atoms with Crippen molar-refractivity contribution in [3.8, 4) is 5.75 Å². The maximum absolute atomic E-state index is 12.2. The second kappa shape index (κ2) is 9.35. The molecule has 0 aliphatic carbocycles. The van der Waals surface area contributed by atoms with E-state index >= 15 is 0 Å². The molecule has 1 atom stereocenters. The zero-order valence-electron chi connectivity index (χ0n) is 14.8. The van der Waals surface area contributed by atoms with Crippen LogP contribution >= 0.6 is 0 Å². The third-order valence-corrected chi connectivity index (χ3v) is 5.18. The lowest BCUT2D eigenvalue weighted by atomic mass is 10.0. The number of carbonyl (C=O) groups excluding carboxylic acids is 1. The number of carbonyl (C=O) groups is 1. The van der Waals surface area contributed by atoms with Crippen molar-refractivity contribution in [3.63, 3.8) is 0 Å². The number of sulfonamides is 1. The molecule has 1 N–H and O–H groups in total. The fourth-order valence-electron chi connectivity index (χ4n) is 2.27. The normalized spacial score (nSPS) is 12.4. The van der Waals surface area contributed by atoms with Crippen molar-refractivity contribution in [2.24, 2.45) is 0 Å². The molecule has 0 aromatic heterocycles. The first kappa shape index (κ1) is 19.9. The Balaban J connectivity index is 1.89. The highest BCUT2D eigenvalue weighted by Gasteiger charge is 2.15. The number of hydrogen-bond acceptors (Lipinski definition) is 5. The van der Waals surface area contributed by atoms with Crippen LogP contribution in [0, 0.1) is 0 Å². The van der Waals surface area contributed by atoms with Gasteiger partial charge in [-0.05, 0) is 42.7 Å². The average Bonchev–Trinajstić information content (AvgIpc) is 2.66. The van der Waals surface area contributed by atoms with Gasteiger partial charge in [-0.3, -0.25) is 0 Å². The summed E-state index contributed by atoms with van der Waals surface area (Å²) >= 11 is 0. The third-order valence-electron chi connectivity index (χ3n) is 3.74. The molecule has 0 radical (unpaired) electrons. The molecule has 140 valence electrons. The Morgan fingerprint density at radius 2 is 1.73 bits per heavy atom. The minimum absolute atomic E-state index is 0.0207. The van der Waals surface area contributed by atoms with Gasteiger partial charge in [0.1, 0.15) is 5.75 Å². The fraction of sp³-hybridized carbons (Fsp3) is 0.316. The molecule has 0 bridgehead atoms. The number of nitrogens with one attached hydrogen (secondary N) is 1. The van der Waals surface area contributed by atoms with Gasteiger partial charge < -0.3 is 9.47 Å². The monoisotopic (exact) mass is 377 g/mol. The van der Waals surface area contributed by atoms with E-state index in [1.165, 1.54) is 0 Å². The van der Waals surface area contributed by atoms with Crippen molar-refractivity contribution in [3.05, 3.63) is 60.2 Å². The second-order valence-electron chi connectivity index (χ2n) is 5.73. The van der Waals surface area contributed by atoms with E-state index in [1.54, 1.807) is 49.4 Å². The van der Waals surface area contributed by atoms with Crippen LogP contribution in [0.3, 0.4) is 0 Å². The molecule has 6 nitrogen and oxygen atoms in total. The van der Waals surface area contributed by atoms with Gasteiger partial charge in [-0.1, -0.05) is 37.3 Å². The van der Waals surface area contributed by atoms with Gasteiger partial charge in [0.2, 0.25) is 10.0 Å². The van der Waals surface area contributed by atoms with Crippen LogP contribution in [0.1, 0.15) is 25.3 Å². The predicted octanol–water partition coefficient (Wildman–Crippen LogP) is 2.71. The van der Waals surface area contributed by atoms with Crippen LogP contribution in [0.25, 0.3) is 0 Å². The molecule has 0 saturated carbocycles. The Labute approximate surface area is 154 Å². The minimum Gasteiger partial charge on any atom is -0.482 e. The molecule has 2 rings (SSSR count). The zero-order chi connectivity index (χ0) is 19.0. The summed E-state index contributed by atoms with van der Waals surface area (Å²) in [5.41, 5.74) is 0.962. The smallest absolute Gasteiger partial charge is 0.344 e. The lowest BCUT2D eigenvalue weighted by molar-refractivity contribution is -0.145. The molecule has 0 heterocycles.